The molecular weight excluding hydrogens is 298 g/mol. The lowest BCUT2D eigenvalue weighted by Crippen LogP contribution is -2.34. The first-order chi connectivity index (χ1) is 11.7. The van der Waals surface area contributed by atoms with E-state index >= 15 is 0 Å². The van der Waals surface area contributed by atoms with Gasteiger partial charge < -0.3 is 9.64 Å². The molecule has 0 radical (unpaired) electrons. The fourth-order valence-electron chi connectivity index (χ4n) is 4.23. The molecule has 4 rings (SSSR count). The third kappa shape index (κ3) is 2.79. The molecule has 3 nitrogen and oxygen atoms in total. The zero-order valence-electron chi connectivity index (χ0n) is 14.0. The minimum atomic E-state index is -0.170. The van der Waals surface area contributed by atoms with Crippen molar-refractivity contribution in [2.45, 2.75) is 25.9 Å². The Morgan fingerprint density at radius 3 is 2.62 bits per heavy atom. The third-order valence-electron chi connectivity index (χ3n) is 5.62. The third-order valence-corrected chi connectivity index (χ3v) is 5.62. The monoisotopic (exact) mass is 321 g/mol. The lowest BCUT2D eigenvalue weighted by molar-refractivity contribution is 0.103. The molecule has 2 aliphatic rings. The molecule has 1 heterocycles. The van der Waals surface area contributed by atoms with Crippen LogP contribution in [0.15, 0.2) is 54.6 Å². The number of hydrogen-bond acceptors (Lipinski definition) is 2. The van der Waals surface area contributed by atoms with E-state index in [4.69, 9.17) is 4.74 Å². The molecule has 0 aromatic heterocycles. The van der Waals surface area contributed by atoms with Crippen molar-refractivity contribution in [3.05, 3.63) is 71.3 Å². The van der Waals surface area contributed by atoms with Gasteiger partial charge in [0.2, 0.25) is 0 Å². The van der Waals surface area contributed by atoms with Crippen molar-refractivity contribution in [3.63, 3.8) is 0 Å². The number of benzene rings is 2. The summed E-state index contributed by atoms with van der Waals surface area (Å²) in [5, 5.41) is 0. The van der Waals surface area contributed by atoms with Crippen molar-refractivity contribution in [2.75, 3.05) is 13.1 Å². The Hall–Kier alpha value is -2.29. The van der Waals surface area contributed by atoms with Crippen LogP contribution in [0.5, 0.6) is 0 Å². The second kappa shape index (κ2) is 6.31. The Morgan fingerprint density at radius 1 is 1.08 bits per heavy atom. The highest BCUT2D eigenvalue weighted by Crippen LogP contribution is 2.51. The summed E-state index contributed by atoms with van der Waals surface area (Å²) in [6.45, 7) is 4.22. The minimum absolute atomic E-state index is 0.170. The summed E-state index contributed by atoms with van der Waals surface area (Å²) in [4.78, 5) is 14.3. The standard InChI is InChI=1S/C21H23NO2/c1-15-7-5-6-10-18(15)19-11-17-12-22(13-20(17)19)21(23)24-14-16-8-3-2-4-9-16/h2-10,17,19-20H,11-14H2,1H3/t17-,19-,20+/m1/s1. The van der Waals surface area contributed by atoms with Gasteiger partial charge in [0.1, 0.15) is 6.61 Å². The van der Waals surface area contributed by atoms with E-state index in [1.807, 2.05) is 35.2 Å². The topological polar surface area (TPSA) is 29.5 Å². The summed E-state index contributed by atoms with van der Waals surface area (Å²) >= 11 is 0. The highest BCUT2D eigenvalue weighted by molar-refractivity contribution is 5.68. The Labute approximate surface area is 143 Å². The van der Waals surface area contributed by atoms with Gasteiger partial charge in [-0.1, -0.05) is 54.6 Å². The fraction of sp³-hybridized carbons (Fsp3) is 0.381. The molecule has 0 bridgehead atoms. The smallest absolute Gasteiger partial charge is 0.410 e. The SMILES string of the molecule is Cc1ccccc1[C@H]1C[C@@H]2CN(C(=O)OCc3ccccc3)C[C@@H]21. The quantitative estimate of drug-likeness (QED) is 0.840. The number of carbonyl (C=O) groups excluding carboxylic acids is 1. The summed E-state index contributed by atoms with van der Waals surface area (Å²) in [5.41, 5.74) is 3.86. The van der Waals surface area contributed by atoms with Gasteiger partial charge in [-0.05, 0) is 47.8 Å². The first-order valence-corrected chi connectivity index (χ1v) is 8.73. The number of nitrogens with zero attached hydrogens (tertiary/aromatic N) is 1. The van der Waals surface area contributed by atoms with Crippen LogP contribution in [0.1, 0.15) is 29.0 Å². The van der Waals surface area contributed by atoms with Gasteiger partial charge in [-0.25, -0.2) is 4.79 Å². The summed E-state index contributed by atoms with van der Waals surface area (Å²) in [7, 11) is 0. The summed E-state index contributed by atoms with van der Waals surface area (Å²) in [5.74, 6) is 1.83. The normalized spacial score (nSPS) is 25.0. The van der Waals surface area contributed by atoms with E-state index in [0.717, 1.165) is 18.7 Å². The average Bonchev–Trinajstić information content (AvgIpc) is 2.93. The number of likely N-dealkylation sites (tertiary alicyclic amines) is 1. The minimum Gasteiger partial charge on any atom is -0.445 e. The molecule has 1 aliphatic heterocycles. The molecule has 3 atom stereocenters. The lowest BCUT2D eigenvalue weighted by atomic mass is 9.63. The molecule has 2 aromatic rings. The van der Waals surface area contributed by atoms with Gasteiger partial charge in [-0.2, -0.15) is 0 Å². The molecule has 1 amide bonds. The van der Waals surface area contributed by atoms with Gasteiger partial charge in [0.25, 0.3) is 0 Å². The second-order valence-corrected chi connectivity index (χ2v) is 7.07. The van der Waals surface area contributed by atoms with Crippen LogP contribution in [0.2, 0.25) is 0 Å². The van der Waals surface area contributed by atoms with E-state index in [9.17, 15) is 4.79 Å². The predicted molar refractivity (Wildman–Crippen MR) is 93.7 cm³/mol. The molecule has 3 heteroatoms. The van der Waals surface area contributed by atoms with Crippen LogP contribution in [-0.4, -0.2) is 24.1 Å². The van der Waals surface area contributed by atoms with Crippen molar-refractivity contribution < 1.29 is 9.53 Å². The summed E-state index contributed by atoms with van der Waals surface area (Å²) < 4.78 is 5.49. The van der Waals surface area contributed by atoms with E-state index in [-0.39, 0.29) is 6.09 Å². The van der Waals surface area contributed by atoms with E-state index in [0.29, 0.717) is 24.4 Å². The Balaban J connectivity index is 1.35. The number of ether oxygens (including phenoxy) is 1. The fourth-order valence-corrected chi connectivity index (χ4v) is 4.23. The Kier molecular flexibility index (Phi) is 4.01. The maximum absolute atomic E-state index is 12.4. The molecule has 2 fully saturated rings. The molecule has 0 spiro atoms. The first kappa shape index (κ1) is 15.3. The van der Waals surface area contributed by atoms with Gasteiger partial charge in [0.05, 0.1) is 0 Å². The Morgan fingerprint density at radius 2 is 1.83 bits per heavy atom. The number of aryl methyl sites for hydroxylation is 1. The van der Waals surface area contributed by atoms with E-state index < -0.39 is 0 Å². The maximum atomic E-state index is 12.4. The summed E-state index contributed by atoms with van der Waals surface area (Å²) in [6.07, 6.45) is 1.02. The molecule has 24 heavy (non-hydrogen) atoms. The number of amides is 1. The van der Waals surface area contributed by atoms with Gasteiger partial charge in [-0.3, -0.25) is 0 Å². The highest BCUT2D eigenvalue weighted by atomic mass is 16.6. The molecule has 0 unspecified atom stereocenters. The molecule has 1 aliphatic carbocycles. The van der Waals surface area contributed by atoms with Crippen LogP contribution in [0, 0.1) is 18.8 Å². The molecule has 124 valence electrons. The largest absolute Gasteiger partial charge is 0.445 e. The van der Waals surface area contributed by atoms with Gasteiger partial charge in [0.15, 0.2) is 0 Å². The number of fused-ring (bicyclic) bond motifs is 1. The van der Waals surface area contributed by atoms with E-state index in [1.54, 1.807) is 0 Å². The van der Waals surface area contributed by atoms with Crippen LogP contribution in [0.3, 0.4) is 0 Å². The molecule has 1 saturated heterocycles. The number of rotatable bonds is 3. The molecule has 1 saturated carbocycles. The lowest BCUT2D eigenvalue weighted by Gasteiger charge is -2.40. The molecule has 0 N–H and O–H groups in total. The van der Waals surface area contributed by atoms with Crippen molar-refractivity contribution in [1.82, 2.24) is 4.90 Å². The van der Waals surface area contributed by atoms with Crippen molar-refractivity contribution in [2.24, 2.45) is 11.8 Å². The Bertz CT molecular complexity index is 728. The van der Waals surface area contributed by atoms with Crippen molar-refractivity contribution >= 4 is 6.09 Å². The average molecular weight is 321 g/mol. The van der Waals surface area contributed by atoms with Crippen LogP contribution in [-0.2, 0) is 11.3 Å². The van der Waals surface area contributed by atoms with Crippen LogP contribution >= 0.6 is 0 Å². The number of hydrogen-bond donors (Lipinski definition) is 0. The molecule has 2 aromatic carbocycles. The van der Waals surface area contributed by atoms with Crippen LogP contribution < -0.4 is 0 Å². The van der Waals surface area contributed by atoms with Crippen molar-refractivity contribution in [1.29, 1.82) is 0 Å². The number of carbonyl (C=O) groups is 1. The molecular formula is C21H23NO2. The highest BCUT2D eigenvalue weighted by Gasteiger charge is 2.49. The zero-order chi connectivity index (χ0) is 16.5. The van der Waals surface area contributed by atoms with Crippen LogP contribution in [0.25, 0.3) is 0 Å². The van der Waals surface area contributed by atoms with Crippen molar-refractivity contribution in [3.8, 4) is 0 Å². The zero-order valence-corrected chi connectivity index (χ0v) is 14.0. The second-order valence-electron chi connectivity index (χ2n) is 7.07. The van der Waals surface area contributed by atoms with E-state index in [2.05, 4.69) is 31.2 Å². The van der Waals surface area contributed by atoms with E-state index in [1.165, 1.54) is 17.5 Å². The predicted octanol–water partition coefficient (Wildman–Crippen LogP) is 4.37. The first-order valence-electron chi connectivity index (χ1n) is 8.73. The van der Waals surface area contributed by atoms with Gasteiger partial charge in [-0.15, -0.1) is 0 Å². The van der Waals surface area contributed by atoms with Crippen LogP contribution in [0.4, 0.5) is 4.79 Å². The van der Waals surface area contributed by atoms with Gasteiger partial charge in [0, 0.05) is 13.1 Å². The maximum Gasteiger partial charge on any atom is 0.410 e. The van der Waals surface area contributed by atoms with Gasteiger partial charge >= 0.3 is 6.09 Å². The summed E-state index contributed by atoms with van der Waals surface area (Å²) in [6, 6.07) is 18.5.